The number of halogens is 7. The number of imide groups is 1. The van der Waals surface area contributed by atoms with E-state index in [1.807, 2.05) is 0 Å². The predicted octanol–water partition coefficient (Wildman–Crippen LogP) is 5.35. The van der Waals surface area contributed by atoms with E-state index >= 15 is 0 Å². The third-order valence-electron chi connectivity index (χ3n) is 4.38. The van der Waals surface area contributed by atoms with E-state index in [1.54, 1.807) is 0 Å². The van der Waals surface area contributed by atoms with Crippen LogP contribution >= 0.6 is 23.2 Å². The second kappa shape index (κ2) is 7.14. The molecule has 11 heteroatoms. The average Bonchev–Trinajstić information content (AvgIpc) is 2.79. The summed E-state index contributed by atoms with van der Waals surface area (Å²) in [7, 11) is 0. The Bertz CT molecular complexity index is 1010. The van der Waals surface area contributed by atoms with E-state index in [2.05, 4.69) is 5.32 Å². The predicted molar refractivity (Wildman–Crippen MR) is 95.9 cm³/mol. The molecule has 4 nitrogen and oxygen atoms in total. The first-order chi connectivity index (χ1) is 13.3. The van der Waals surface area contributed by atoms with Gasteiger partial charge < -0.3 is 5.32 Å². The van der Waals surface area contributed by atoms with Gasteiger partial charge in [-0.3, -0.25) is 4.79 Å². The molecule has 1 N–H and O–H groups in total. The van der Waals surface area contributed by atoms with Crippen LogP contribution in [0.25, 0.3) is 0 Å². The van der Waals surface area contributed by atoms with Gasteiger partial charge in [0.2, 0.25) is 0 Å². The van der Waals surface area contributed by atoms with Crippen LogP contribution < -0.4 is 10.2 Å². The van der Waals surface area contributed by atoms with E-state index in [0.29, 0.717) is 6.07 Å². The Morgan fingerprint density at radius 3 is 2.17 bits per heavy atom. The van der Waals surface area contributed by atoms with Gasteiger partial charge in [0, 0.05) is 16.5 Å². The van der Waals surface area contributed by atoms with E-state index in [4.69, 9.17) is 23.2 Å². The molecule has 0 spiro atoms. The van der Waals surface area contributed by atoms with Crippen LogP contribution in [0, 0.1) is 11.6 Å². The number of nitrogens with zero attached hydrogens (tertiary/aromatic N) is 1. The highest BCUT2D eigenvalue weighted by molar-refractivity contribution is 6.35. The van der Waals surface area contributed by atoms with Gasteiger partial charge in [0.1, 0.15) is 5.54 Å². The quantitative estimate of drug-likeness (QED) is 0.504. The van der Waals surface area contributed by atoms with Gasteiger partial charge in [-0.25, -0.2) is 18.5 Å². The Kier molecular flexibility index (Phi) is 5.25. The molecule has 0 radical (unpaired) electrons. The Morgan fingerprint density at radius 2 is 1.62 bits per heavy atom. The first kappa shape index (κ1) is 21.3. The standard InChI is InChI=1S/C18H11Cl2F5N2O2/c1-17(7-8-2-3-12(18(23,24)25)14(22)13(8)21)15(28)27(16(29)26-17)11-5-9(19)4-10(20)6-11/h2-6H,7H2,1H3,(H,26,29). The number of urea groups is 1. The lowest BCUT2D eigenvalue weighted by Crippen LogP contribution is -2.46. The molecule has 1 aliphatic heterocycles. The summed E-state index contributed by atoms with van der Waals surface area (Å²) < 4.78 is 66.2. The minimum atomic E-state index is -5.08. The molecule has 3 rings (SSSR count). The first-order valence-electron chi connectivity index (χ1n) is 8.00. The Balaban J connectivity index is 1.95. The van der Waals surface area contributed by atoms with Gasteiger partial charge in [0.15, 0.2) is 11.6 Å². The molecule has 1 unspecified atom stereocenters. The van der Waals surface area contributed by atoms with E-state index < -0.39 is 52.8 Å². The monoisotopic (exact) mass is 452 g/mol. The molecule has 3 amide bonds. The number of carbonyl (C=O) groups excluding carboxylic acids is 2. The van der Waals surface area contributed by atoms with Crippen molar-refractivity contribution < 1.29 is 31.5 Å². The number of nitrogens with one attached hydrogen (secondary N) is 1. The van der Waals surface area contributed by atoms with Crippen LogP contribution in [0.3, 0.4) is 0 Å². The normalized spacial score (nSPS) is 19.7. The summed E-state index contributed by atoms with van der Waals surface area (Å²) in [5.41, 5.74) is -3.95. The van der Waals surface area contributed by atoms with Crippen molar-refractivity contribution in [2.75, 3.05) is 4.90 Å². The van der Waals surface area contributed by atoms with Gasteiger partial charge in [-0.05, 0) is 36.8 Å². The summed E-state index contributed by atoms with van der Waals surface area (Å²) in [4.78, 5) is 25.9. The molecule has 2 aromatic carbocycles. The van der Waals surface area contributed by atoms with Gasteiger partial charge >= 0.3 is 12.2 Å². The van der Waals surface area contributed by atoms with Crippen molar-refractivity contribution in [2.45, 2.75) is 25.1 Å². The fraction of sp³-hybridized carbons (Fsp3) is 0.222. The summed E-state index contributed by atoms with van der Waals surface area (Å²) >= 11 is 11.8. The van der Waals surface area contributed by atoms with Crippen LogP contribution in [0.15, 0.2) is 30.3 Å². The molecule has 2 aromatic rings. The molecule has 0 saturated carbocycles. The van der Waals surface area contributed by atoms with Gasteiger partial charge in [-0.1, -0.05) is 29.3 Å². The Morgan fingerprint density at radius 1 is 1.03 bits per heavy atom. The molecule has 1 atom stereocenters. The zero-order chi connectivity index (χ0) is 21.7. The van der Waals surface area contributed by atoms with E-state index in [0.717, 1.165) is 11.0 Å². The molecule has 1 heterocycles. The number of hydrogen-bond donors (Lipinski definition) is 1. The highest BCUT2D eigenvalue weighted by Gasteiger charge is 2.49. The van der Waals surface area contributed by atoms with Crippen molar-refractivity contribution in [3.8, 4) is 0 Å². The van der Waals surface area contributed by atoms with Crippen LogP contribution in [0.2, 0.25) is 10.0 Å². The third-order valence-corrected chi connectivity index (χ3v) is 4.81. The lowest BCUT2D eigenvalue weighted by atomic mass is 9.91. The number of rotatable bonds is 3. The number of carbonyl (C=O) groups is 2. The van der Waals surface area contributed by atoms with Crippen LogP contribution in [-0.4, -0.2) is 17.5 Å². The third kappa shape index (κ3) is 3.89. The number of benzene rings is 2. The molecule has 0 aromatic heterocycles. The Hall–Kier alpha value is -2.39. The maximum Gasteiger partial charge on any atom is 0.419 e. The molecular weight excluding hydrogens is 442 g/mol. The van der Waals surface area contributed by atoms with E-state index in [9.17, 15) is 31.5 Å². The minimum absolute atomic E-state index is 0.0489. The first-order valence-corrected chi connectivity index (χ1v) is 8.76. The SMILES string of the molecule is CC1(Cc2ccc(C(F)(F)F)c(F)c2F)NC(=O)N(c2cc(Cl)cc(Cl)c2)C1=O. The van der Waals surface area contributed by atoms with Crippen LogP contribution in [0.4, 0.5) is 32.4 Å². The van der Waals surface area contributed by atoms with Crippen molar-refractivity contribution in [1.29, 1.82) is 0 Å². The number of hydrogen-bond acceptors (Lipinski definition) is 2. The average molecular weight is 453 g/mol. The van der Waals surface area contributed by atoms with Crippen molar-refractivity contribution in [2.24, 2.45) is 0 Å². The number of amides is 3. The smallest absolute Gasteiger partial charge is 0.323 e. The molecule has 0 bridgehead atoms. The van der Waals surface area contributed by atoms with Crippen molar-refractivity contribution in [3.63, 3.8) is 0 Å². The summed E-state index contributed by atoms with van der Waals surface area (Å²) in [5, 5.41) is 2.65. The highest BCUT2D eigenvalue weighted by Crippen LogP contribution is 2.35. The summed E-state index contributed by atoms with van der Waals surface area (Å²) in [6.45, 7) is 1.24. The lowest BCUT2D eigenvalue weighted by molar-refractivity contribution is -0.140. The largest absolute Gasteiger partial charge is 0.419 e. The summed E-state index contributed by atoms with van der Waals surface area (Å²) in [6.07, 6.45) is -5.66. The van der Waals surface area contributed by atoms with Crippen LogP contribution in [-0.2, 0) is 17.4 Å². The van der Waals surface area contributed by atoms with Crippen molar-refractivity contribution >= 4 is 40.8 Å². The molecule has 154 valence electrons. The van der Waals surface area contributed by atoms with Gasteiger partial charge in [0.05, 0.1) is 11.3 Å². The maximum absolute atomic E-state index is 14.2. The van der Waals surface area contributed by atoms with Crippen LogP contribution in [0.1, 0.15) is 18.1 Å². The second-order valence-corrected chi connectivity index (χ2v) is 7.48. The van der Waals surface area contributed by atoms with E-state index in [-0.39, 0.29) is 15.7 Å². The highest BCUT2D eigenvalue weighted by atomic mass is 35.5. The topological polar surface area (TPSA) is 49.4 Å². The van der Waals surface area contributed by atoms with Gasteiger partial charge in [-0.2, -0.15) is 13.2 Å². The van der Waals surface area contributed by atoms with E-state index in [1.165, 1.54) is 25.1 Å². The maximum atomic E-state index is 14.2. The zero-order valence-electron chi connectivity index (χ0n) is 14.5. The van der Waals surface area contributed by atoms with Crippen molar-refractivity contribution in [1.82, 2.24) is 5.32 Å². The molecule has 1 saturated heterocycles. The molecule has 1 aliphatic rings. The number of alkyl halides is 3. The minimum Gasteiger partial charge on any atom is -0.323 e. The Labute approximate surface area is 171 Å². The van der Waals surface area contributed by atoms with Crippen LogP contribution in [0.5, 0.6) is 0 Å². The molecule has 29 heavy (non-hydrogen) atoms. The molecule has 0 aliphatic carbocycles. The second-order valence-electron chi connectivity index (χ2n) is 6.61. The van der Waals surface area contributed by atoms with Crippen molar-refractivity contribution in [3.05, 3.63) is 63.1 Å². The zero-order valence-corrected chi connectivity index (χ0v) is 16.0. The number of anilines is 1. The fourth-order valence-corrected chi connectivity index (χ4v) is 3.55. The van der Waals surface area contributed by atoms with Gasteiger partial charge in [0.25, 0.3) is 5.91 Å². The molecular formula is C18H11Cl2F5N2O2. The lowest BCUT2D eigenvalue weighted by Gasteiger charge is -2.22. The van der Waals surface area contributed by atoms with Gasteiger partial charge in [-0.15, -0.1) is 0 Å². The fourth-order valence-electron chi connectivity index (χ4n) is 3.03. The summed E-state index contributed by atoms with van der Waals surface area (Å²) in [5.74, 6) is -4.65. The molecule has 1 fully saturated rings. The summed E-state index contributed by atoms with van der Waals surface area (Å²) in [6, 6.07) is 4.22.